The Balaban J connectivity index is 2.00. The number of hydrogen-bond acceptors (Lipinski definition) is 2. The molecule has 0 aromatic rings. The van der Waals surface area contributed by atoms with Crippen LogP contribution in [-0.2, 0) is 4.74 Å². The molecular weight excluding hydrogens is 250 g/mol. The Hall–Kier alpha value is -0.770. The second-order valence-electron chi connectivity index (χ2n) is 7.15. The van der Waals surface area contributed by atoms with Gasteiger partial charge in [0, 0.05) is 37.1 Å². The second-order valence-corrected chi connectivity index (χ2v) is 7.15. The van der Waals surface area contributed by atoms with E-state index < -0.39 is 0 Å². The van der Waals surface area contributed by atoms with Crippen LogP contribution in [0.1, 0.15) is 47.5 Å². The fourth-order valence-corrected chi connectivity index (χ4v) is 3.56. The number of rotatable bonds is 4. The first-order valence-corrected chi connectivity index (χ1v) is 8.13. The zero-order valence-electron chi connectivity index (χ0n) is 13.7. The van der Waals surface area contributed by atoms with Crippen LogP contribution >= 0.6 is 0 Å². The van der Waals surface area contributed by atoms with E-state index in [4.69, 9.17) is 9.73 Å². The summed E-state index contributed by atoms with van der Waals surface area (Å²) in [6.07, 6.45) is 2.88. The van der Waals surface area contributed by atoms with E-state index in [-0.39, 0.29) is 5.41 Å². The molecule has 0 bridgehead atoms. The Kier molecular flexibility index (Phi) is 4.95. The predicted molar refractivity (Wildman–Crippen MR) is 84.0 cm³/mol. The third-order valence-electron chi connectivity index (χ3n) is 4.58. The molecule has 2 aliphatic rings. The Bertz CT molecular complexity index is 352. The van der Waals surface area contributed by atoms with Gasteiger partial charge in [0.1, 0.15) is 0 Å². The van der Waals surface area contributed by atoms with E-state index >= 15 is 0 Å². The van der Waals surface area contributed by atoms with Gasteiger partial charge in [-0.15, -0.1) is 0 Å². The van der Waals surface area contributed by atoms with Crippen molar-refractivity contribution in [1.82, 2.24) is 10.6 Å². The van der Waals surface area contributed by atoms with Crippen LogP contribution < -0.4 is 10.6 Å². The van der Waals surface area contributed by atoms with Gasteiger partial charge in [-0.25, -0.2) is 0 Å². The summed E-state index contributed by atoms with van der Waals surface area (Å²) in [4.78, 5) is 4.69. The topological polar surface area (TPSA) is 45.7 Å². The van der Waals surface area contributed by atoms with Crippen molar-refractivity contribution in [2.24, 2.45) is 22.2 Å². The third kappa shape index (κ3) is 3.11. The molecule has 2 rings (SSSR count). The van der Waals surface area contributed by atoms with E-state index in [9.17, 15) is 0 Å². The molecule has 1 aliphatic heterocycles. The molecular formula is C16H31N3O. The highest BCUT2D eigenvalue weighted by molar-refractivity contribution is 5.80. The molecule has 0 aromatic carbocycles. The van der Waals surface area contributed by atoms with Crippen LogP contribution in [0.5, 0.6) is 0 Å². The largest absolute Gasteiger partial charge is 0.377 e. The number of hydrogen-bond donors (Lipinski definition) is 2. The number of fused-ring (bicyclic) bond motifs is 1. The highest BCUT2D eigenvalue weighted by Crippen LogP contribution is 2.51. The van der Waals surface area contributed by atoms with Gasteiger partial charge in [-0.3, -0.25) is 4.99 Å². The van der Waals surface area contributed by atoms with Gasteiger partial charge in [-0.1, -0.05) is 27.7 Å². The molecule has 4 heteroatoms. The molecule has 0 amide bonds. The molecule has 2 fully saturated rings. The van der Waals surface area contributed by atoms with Crippen molar-refractivity contribution < 1.29 is 4.74 Å². The molecule has 20 heavy (non-hydrogen) atoms. The average molecular weight is 281 g/mol. The maximum Gasteiger partial charge on any atom is 0.191 e. The van der Waals surface area contributed by atoms with Crippen molar-refractivity contribution in [1.29, 1.82) is 0 Å². The lowest BCUT2D eigenvalue weighted by molar-refractivity contribution is -0.188. The summed E-state index contributed by atoms with van der Waals surface area (Å²) in [5.74, 6) is 2.19. The van der Waals surface area contributed by atoms with Crippen molar-refractivity contribution in [3.63, 3.8) is 0 Å². The molecule has 0 spiro atoms. The second kappa shape index (κ2) is 6.33. The van der Waals surface area contributed by atoms with Gasteiger partial charge in [0.15, 0.2) is 5.96 Å². The highest BCUT2D eigenvalue weighted by Gasteiger charge is 2.58. The Morgan fingerprint density at radius 3 is 2.80 bits per heavy atom. The quantitative estimate of drug-likeness (QED) is 0.614. The summed E-state index contributed by atoms with van der Waals surface area (Å²) >= 11 is 0. The molecule has 116 valence electrons. The molecule has 0 aromatic heterocycles. The summed E-state index contributed by atoms with van der Waals surface area (Å²) in [5.41, 5.74) is 0.194. The maximum atomic E-state index is 5.96. The van der Waals surface area contributed by atoms with Crippen LogP contribution in [0.4, 0.5) is 0 Å². The summed E-state index contributed by atoms with van der Waals surface area (Å²) < 4.78 is 5.96. The van der Waals surface area contributed by atoms with Gasteiger partial charge < -0.3 is 15.4 Å². The number of guanidine groups is 1. The average Bonchev–Trinajstić information content (AvgIpc) is 2.41. The minimum Gasteiger partial charge on any atom is -0.377 e. The highest BCUT2D eigenvalue weighted by atomic mass is 16.5. The summed E-state index contributed by atoms with van der Waals surface area (Å²) in [7, 11) is 0. The molecule has 2 N–H and O–H groups in total. The van der Waals surface area contributed by atoms with Crippen LogP contribution in [0, 0.1) is 17.3 Å². The van der Waals surface area contributed by atoms with Crippen LogP contribution in [-0.4, -0.2) is 37.8 Å². The minimum absolute atomic E-state index is 0.194. The van der Waals surface area contributed by atoms with Gasteiger partial charge in [-0.05, 0) is 25.7 Å². The molecule has 4 nitrogen and oxygen atoms in total. The van der Waals surface area contributed by atoms with Gasteiger partial charge in [-0.2, -0.15) is 0 Å². The number of ether oxygens (including phenoxy) is 1. The molecule has 1 saturated carbocycles. The molecule has 3 unspecified atom stereocenters. The van der Waals surface area contributed by atoms with E-state index in [1.165, 1.54) is 12.8 Å². The Morgan fingerprint density at radius 1 is 1.40 bits per heavy atom. The molecule has 1 heterocycles. The zero-order chi connectivity index (χ0) is 14.8. The van der Waals surface area contributed by atoms with Crippen LogP contribution in [0.25, 0.3) is 0 Å². The normalized spacial score (nSPS) is 32.5. The fourth-order valence-electron chi connectivity index (χ4n) is 3.56. The predicted octanol–water partition coefficient (Wildman–Crippen LogP) is 2.40. The summed E-state index contributed by atoms with van der Waals surface area (Å²) in [6, 6.07) is 0.470. The van der Waals surface area contributed by atoms with Gasteiger partial charge in [0.25, 0.3) is 0 Å². The van der Waals surface area contributed by atoms with Gasteiger partial charge >= 0.3 is 0 Å². The summed E-state index contributed by atoms with van der Waals surface area (Å²) in [5, 5.41) is 7.03. The minimum atomic E-state index is 0.194. The monoisotopic (exact) mass is 281 g/mol. The molecule has 3 atom stereocenters. The first-order valence-electron chi connectivity index (χ1n) is 8.13. The Labute approximate surface area is 123 Å². The molecule has 0 radical (unpaired) electrons. The summed E-state index contributed by atoms with van der Waals surface area (Å²) in [6.45, 7) is 13.8. The lowest BCUT2D eigenvalue weighted by atomic mass is 9.55. The van der Waals surface area contributed by atoms with Crippen molar-refractivity contribution in [3.05, 3.63) is 0 Å². The van der Waals surface area contributed by atoms with Crippen molar-refractivity contribution in [3.8, 4) is 0 Å². The fraction of sp³-hybridized carbons (Fsp3) is 0.938. The zero-order valence-corrected chi connectivity index (χ0v) is 13.7. The van der Waals surface area contributed by atoms with E-state index in [2.05, 4.69) is 45.3 Å². The standard InChI is InChI=1S/C16H31N3O/c1-6-17-15(18-10-11(2)3)19-13-12-8-7-9-20-14(12)16(13,4)5/h11-14H,6-10H2,1-5H3,(H2,17,18,19). The first-order chi connectivity index (χ1) is 9.46. The van der Waals surface area contributed by atoms with Crippen molar-refractivity contribution >= 4 is 5.96 Å². The van der Waals surface area contributed by atoms with Crippen molar-refractivity contribution in [2.75, 3.05) is 19.7 Å². The number of nitrogens with zero attached hydrogens (tertiary/aromatic N) is 1. The number of aliphatic imine (C=N–C) groups is 1. The third-order valence-corrected chi connectivity index (χ3v) is 4.58. The lowest BCUT2D eigenvalue weighted by Gasteiger charge is -2.60. The lowest BCUT2D eigenvalue weighted by Crippen LogP contribution is -2.71. The van der Waals surface area contributed by atoms with Crippen LogP contribution in [0.3, 0.4) is 0 Å². The van der Waals surface area contributed by atoms with E-state index in [1.807, 2.05) is 0 Å². The smallest absolute Gasteiger partial charge is 0.191 e. The van der Waals surface area contributed by atoms with Crippen LogP contribution in [0.15, 0.2) is 4.99 Å². The molecule has 1 aliphatic carbocycles. The molecule has 1 saturated heterocycles. The first kappa shape index (κ1) is 15.6. The van der Waals surface area contributed by atoms with Crippen LogP contribution in [0.2, 0.25) is 0 Å². The van der Waals surface area contributed by atoms with E-state index in [0.717, 1.165) is 25.7 Å². The van der Waals surface area contributed by atoms with Gasteiger partial charge in [0.2, 0.25) is 0 Å². The maximum absolute atomic E-state index is 5.96. The SMILES string of the molecule is CCNC(=NCC(C)C)NC1C2CCCOC2C1(C)C. The van der Waals surface area contributed by atoms with E-state index in [1.54, 1.807) is 0 Å². The Morgan fingerprint density at radius 2 is 2.15 bits per heavy atom. The number of nitrogens with one attached hydrogen (secondary N) is 2. The van der Waals surface area contributed by atoms with E-state index in [0.29, 0.717) is 24.0 Å². The van der Waals surface area contributed by atoms with Crippen molar-refractivity contribution in [2.45, 2.75) is 59.6 Å². The van der Waals surface area contributed by atoms with Gasteiger partial charge in [0.05, 0.1) is 6.10 Å².